The van der Waals surface area contributed by atoms with Crippen LogP contribution in [0.15, 0.2) is 18.2 Å². The van der Waals surface area contributed by atoms with Gasteiger partial charge in [-0.1, -0.05) is 31.9 Å². The third-order valence-electron chi connectivity index (χ3n) is 2.42. The summed E-state index contributed by atoms with van der Waals surface area (Å²) >= 11 is 0. The summed E-state index contributed by atoms with van der Waals surface area (Å²) < 4.78 is 0. The zero-order valence-electron chi connectivity index (χ0n) is 9.67. The lowest BCUT2D eigenvalue weighted by molar-refractivity contribution is 0.464. The van der Waals surface area contributed by atoms with E-state index >= 15 is 0 Å². The molecule has 0 heterocycles. The number of phenolic OH excluding ortho intramolecular Hbond substituents is 1. The van der Waals surface area contributed by atoms with Gasteiger partial charge in [0, 0.05) is 12.3 Å². The van der Waals surface area contributed by atoms with E-state index in [1.807, 2.05) is 26.0 Å². The summed E-state index contributed by atoms with van der Waals surface area (Å²) in [5.41, 5.74) is 2.16. The quantitative estimate of drug-likeness (QED) is 0.730. The Morgan fingerprint density at radius 3 is 2.73 bits per heavy atom. The van der Waals surface area contributed by atoms with Crippen LogP contribution in [-0.2, 0) is 6.42 Å². The fourth-order valence-electron chi connectivity index (χ4n) is 1.59. The minimum absolute atomic E-state index is 0.303. The van der Waals surface area contributed by atoms with E-state index < -0.39 is 0 Å². The van der Waals surface area contributed by atoms with E-state index in [4.69, 9.17) is 0 Å². The van der Waals surface area contributed by atoms with Crippen molar-refractivity contribution in [3.63, 3.8) is 0 Å². The Bertz CT molecular complexity index is 362. The third-order valence-corrected chi connectivity index (χ3v) is 2.42. The zero-order chi connectivity index (χ0) is 11.3. The van der Waals surface area contributed by atoms with Gasteiger partial charge in [0.1, 0.15) is 5.75 Å². The first-order valence-corrected chi connectivity index (χ1v) is 5.41. The van der Waals surface area contributed by atoms with Crippen LogP contribution in [0.25, 0.3) is 0 Å². The van der Waals surface area contributed by atoms with Crippen LogP contribution in [0.2, 0.25) is 0 Å². The van der Waals surface area contributed by atoms with Gasteiger partial charge in [-0.25, -0.2) is 0 Å². The molecule has 15 heavy (non-hydrogen) atoms. The second-order valence-electron chi connectivity index (χ2n) is 3.85. The van der Waals surface area contributed by atoms with Gasteiger partial charge >= 0.3 is 0 Å². The van der Waals surface area contributed by atoms with Gasteiger partial charge in [0.2, 0.25) is 0 Å². The number of aromatic hydroxyl groups is 1. The molecule has 80 valence electrons. The zero-order valence-corrected chi connectivity index (χ0v) is 9.67. The fourth-order valence-corrected chi connectivity index (χ4v) is 1.59. The highest BCUT2D eigenvalue weighted by Crippen LogP contribution is 2.23. The monoisotopic (exact) mass is 202 g/mol. The lowest BCUT2D eigenvalue weighted by atomic mass is 9.97. The first-order valence-electron chi connectivity index (χ1n) is 5.41. The molecule has 0 spiro atoms. The van der Waals surface area contributed by atoms with E-state index in [9.17, 15) is 5.11 Å². The molecule has 0 aliphatic carbocycles. The highest BCUT2D eigenvalue weighted by Gasteiger charge is 2.07. The van der Waals surface area contributed by atoms with Crippen LogP contribution < -0.4 is 0 Å². The first kappa shape index (κ1) is 11.7. The summed E-state index contributed by atoms with van der Waals surface area (Å²) in [6, 6.07) is 5.63. The third kappa shape index (κ3) is 3.32. The number of rotatable bonds is 2. The summed E-state index contributed by atoms with van der Waals surface area (Å²) in [5, 5.41) is 9.72. The van der Waals surface area contributed by atoms with Crippen LogP contribution in [0.1, 0.15) is 31.4 Å². The normalized spacial score (nSPS) is 11.7. The van der Waals surface area contributed by atoms with Crippen molar-refractivity contribution < 1.29 is 5.11 Å². The molecule has 1 aromatic rings. The Balaban J connectivity index is 2.80. The highest BCUT2D eigenvalue weighted by atomic mass is 16.3. The van der Waals surface area contributed by atoms with Gasteiger partial charge in [-0.05, 0) is 30.5 Å². The molecule has 1 heteroatoms. The molecule has 0 saturated carbocycles. The van der Waals surface area contributed by atoms with Crippen molar-refractivity contribution in [3.8, 4) is 17.6 Å². The van der Waals surface area contributed by atoms with Crippen LogP contribution in [0.3, 0.4) is 0 Å². The van der Waals surface area contributed by atoms with E-state index in [2.05, 4.69) is 18.8 Å². The molecular formula is C14H18O. The highest BCUT2D eigenvalue weighted by molar-refractivity contribution is 5.39. The maximum atomic E-state index is 9.72. The topological polar surface area (TPSA) is 20.2 Å². The largest absolute Gasteiger partial charge is 0.508 e. The summed E-state index contributed by atoms with van der Waals surface area (Å²) in [6.07, 6.45) is 1.72. The number of hydrogen-bond donors (Lipinski definition) is 1. The van der Waals surface area contributed by atoms with Gasteiger partial charge in [-0.3, -0.25) is 0 Å². The predicted octanol–water partition coefficient (Wildman–Crippen LogP) is 3.29. The maximum absolute atomic E-state index is 9.72. The molecule has 0 aliphatic rings. The van der Waals surface area contributed by atoms with Gasteiger partial charge in [-0.2, -0.15) is 0 Å². The average molecular weight is 202 g/mol. The van der Waals surface area contributed by atoms with Crippen molar-refractivity contribution in [3.05, 3.63) is 29.3 Å². The van der Waals surface area contributed by atoms with Crippen LogP contribution >= 0.6 is 0 Å². The van der Waals surface area contributed by atoms with Gasteiger partial charge in [0.05, 0.1) is 0 Å². The van der Waals surface area contributed by atoms with Crippen molar-refractivity contribution in [2.45, 2.75) is 33.6 Å². The van der Waals surface area contributed by atoms with E-state index in [1.54, 1.807) is 6.07 Å². The molecule has 1 N–H and O–H groups in total. The van der Waals surface area contributed by atoms with E-state index in [0.717, 1.165) is 24.0 Å². The van der Waals surface area contributed by atoms with E-state index in [-0.39, 0.29) is 0 Å². The van der Waals surface area contributed by atoms with Crippen LogP contribution in [0, 0.1) is 24.7 Å². The molecular weight excluding hydrogens is 184 g/mol. The van der Waals surface area contributed by atoms with Gasteiger partial charge in [-0.15, -0.1) is 5.92 Å². The number of benzene rings is 1. The molecule has 0 bridgehead atoms. The molecule has 1 unspecified atom stereocenters. The first-order chi connectivity index (χ1) is 7.15. The molecule has 1 nitrogen and oxygen atoms in total. The van der Waals surface area contributed by atoms with Crippen LogP contribution in [-0.4, -0.2) is 5.11 Å². The average Bonchev–Trinajstić information content (AvgIpc) is 2.21. The molecule has 0 saturated heterocycles. The molecule has 1 rings (SSSR count). The smallest absolute Gasteiger partial charge is 0.119 e. The summed E-state index contributed by atoms with van der Waals surface area (Å²) in [5.74, 6) is 6.94. The van der Waals surface area contributed by atoms with Crippen molar-refractivity contribution in [1.29, 1.82) is 0 Å². The minimum Gasteiger partial charge on any atom is -0.508 e. The lowest BCUT2D eigenvalue weighted by Gasteiger charge is -2.09. The van der Waals surface area contributed by atoms with Gasteiger partial charge in [0.25, 0.3) is 0 Å². The molecule has 1 aromatic carbocycles. The Morgan fingerprint density at radius 2 is 2.13 bits per heavy atom. The second-order valence-corrected chi connectivity index (χ2v) is 3.85. The minimum atomic E-state index is 0.303. The van der Waals surface area contributed by atoms with Crippen LogP contribution in [0.5, 0.6) is 5.75 Å². The summed E-state index contributed by atoms with van der Waals surface area (Å²) in [7, 11) is 0. The number of aryl methyl sites for hydroxylation is 1. The Kier molecular flexibility index (Phi) is 4.24. The molecule has 0 aromatic heterocycles. The van der Waals surface area contributed by atoms with Crippen molar-refractivity contribution in [2.24, 2.45) is 5.92 Å². The fraction of sp³-hybridized carbons (Fsp3) is 0.429. The van der Waals surface area contributed by atoms with E-state index in [1.165, 1.54) is 0 Å². The van der Waals surface area contributed by atoms with E-state index in [0.29, 0.717) is 11.7 Å². The number of phenols is 1. The Labute approximate surface area is 92.1 Å². The van der Waals surface area contributed by atoms with Crippen molar-refractivity contribution in [1.82, 2.24) is 0 Å². The summed E-state index contributed by atoms with van der Waals surface area (Å²) in [6.45, 7) is 6.16. The molecule has 0 aliphatic heterocycles. The van der Waals surface area contributed by atoms with Gasteiger partial charge < -0.3 is 5.11 Å². The number of hydrogen-bond acceptors (Lipinski definition) is 1. The standard InChI is InChI=1S/C14H18O/c1-4-5-7-11(2)10-13-12(3)8-6-9-14(13)15/h6,8-9,11,15H,4,10H2,1-3H3. The van der Waals surface area contributed by atoms with Crippen molar-refractivity contribution >= 4 is 0 Å². The summed E-state index contributed by atoms with van der Waals surface area (Å²) in [4.78, 5) is 0. The van der Waals surface area contributed by atoms with Crippen LogP contribution in [0.4, 0.5) is 0 Å². The second kappa shape index (κ2) is 5.46. The predicted molar refractivity (Wildman–Crippen MR) is 63.8 cm³/mol. The Hall–Kier alpha value is -1.42. The molecule has 1 atom stereocenters. The molecule has 0 amide bonds. The van der Waals surface area contributed by atoms with Crippen molar-refractivity contribution in [2.75, 3.05) is 0 Å². The Morgan fingerprint density at radius 1 is 1.40 bits per heavy atom. The molecule has 0 radical (unpaired) electrons. The van der Waals surface area contributed by atoms with Gasteiger partial charge in [0.15, 0.2) is 0 Å². The SMILES string of the molecule is CCC#CC(C)Cc1c(C)cccc1O. The maximum Gasteiger partial charge on any atom is 0.119 e. The molecule has 0 fully saturated rings. The lowest BCUT2D eigenvalue weighted by Crippen LogP contribution is -1.99.